The van der Waals surface area contributed by atoms with Gasteiger partial charge in [-0.1, -0.05) is 32.9 Å². The van der Waals surface area contributed by atoms with Crippen molar-refractivity contribution in [2.45, 2.75) is 69.5 Å². The van der Waals surface area contributed by atoms with E-state index in [4.69, 9.17) is 19.5 Å². The quantitative estimate of drug-likeness (QED) is 0.309. The summed E-state index contributed by atoms with van der Waals surface area (Å²) in [7, 11) is -2.14. The molecule has 2 aromatic rings. The van der Waals surface area contributed by atoms with Gasteiger partial charge in [0.2, 0.25) is 8.32 Å². The van der Waals surface area contributed by atoms with E-state index in [2.05, 4.69) is 53.5 Å². The third kappa shape index (κ3) is 6.67. The molecule has 0 bridgehead atoms. The molecule has 0 aliphatic rings. The molecular formula is C20H31ClO4S2Si2. The first-order valence-corrected chi connectivity index (χ1v) is 19.0. The number of halogens is 1. The van der Waals surface area contributed by atoms with E-state index in [-0.39, 0.29) is 16.0 Å². The van der Waals surface area contributed by atoms with Gasteiger partial charge in [-0.15, -0.1) is 11.3 Å². The summed E-state index contributed by atoms with van der Waals surface area (Å²) in [6.45, 7) is 17.4. The maximum absolute atomic E-state index is 11.7. The van der Waals surface area contributed by atoms with Crippen molar-refractivity contribution in [2.75, 3.05) is 0 Å². The summed E-state index contributed by atoms with van der Waals surface area (Å²) in [5, 5.41) is 1.66. The topological polar surface area (TPSA) is 52.6 Å². The number of hydrogen-bond donors (Lipinski definition) is 0. The Bertz CT molecular complexity index is 957. The van der Waals surface area contributed by atoms with E-state index in [0.717, 1.165) is 16.2 Å². The normalized spacial score (nSPS) is 14.7. The Hall–Kier alpha value is -0.646. The van der Waals surface area contributed by atoms with Crippen molar-refractivity contribution in [3.8, 4) is 5.75 Å². The SMILES string of the molecule is CC(C)(C)[Si](C)(C)Oc1cccc(C(O[Si](C)(C)C)c2cc(S(=O)(=O)Cl)cs2)c1. The van der Waals surface area contributed by atoms with Crippen molar-refractivity contribution in [3.05, 3.63) is 46.2 Å². The molecule has 0 fully saturated rings. The molecule has 2 rings (SSSR count). The zero-order valence-corrected chi connectivity index (χ0v) is 22.8. The zero-order valence-electron chi connectivity index (χ0n) is 18.4. The molecule has 9 heteroatoms. The minimum atomic E-state index is -3.77. The van der Waals surface area contributed by atoms with Crippen LogP contribution in [0.5, 0.6) is 5.75 Å². The van der Waals surface area contributed by atoms with Crippen molar-refractivity contribution >= 4 is 47.7 Å². The van der Waals surface area contributed by atoms with Crippen molar-refractivity contribution in [3.63, 3.8) is 0 Å². The third-order valence-corrected chi connectivity index (χ3v) is 12.7. The van der Waals surface area contributed by atoms with E-state index in [1.165, 1.54) is 11.3 Å². The zero-order chi connectivity index (χ0) is 22.3. The van der Waals surface area contributed by atoms with Gasteiger partial charge in [0, 0.05) is 20.9 Å². The molecule has 0 saturated carbocycles. The summed E-state index contributed by atoms with van der Waals surface area (Å²) in [5.41, 5.74) is 0.948. The minimum Gasteiger partial charge on any atom is -0.543 e. The molecule has 0 N–H and O–H groups in total. The van der Waals surface area contributed by atoms with Gasteiger partial charge >= 0.3 is 0 Å². The monoisotopic (exact) mass is 490 g/mol. The second-order valence-corrected chi connectivity index (χ2v) is 22.4. The Labute approximate surface area is 185 Å². The molecule has 1 atom stereocenters. The molecule has 4 nitrogen and oxygen atoms in total. The van der Waals surface area contributed by atoms with Gasteiger partial charge in [0.15, 0.2) is 8.32 Å². The molecular weight excluding hydrogens is 460 g/mol. The molecule has 0 saturated heterocycles. The van der Waals surface area contributed by atoms with Crippen LogP contribution in [-0.4, -0.2) is 25.1 Å². The average molecular weight is 491 g/mol. The highest BCUT2D eigenvalue weighted by Crippen LogP contribution is 2.40. The van der Waals surface area contributed by atoms with Gasteiger partial charge in [0.1, 0.15) is 11.9 Å². The Kier molecular flexibility index (Phi) is 7.19. The van der Waals surface area contributed by atoms with Gasteiger partial charge in [-0.05, 0) is 61.5 Å². The lowest BCUT2D eigenvalue weighted by molar-refractivity contribution is 0.243. The van der Waals surface area contributed by atoms with E-state index in [0.29, 0.717) is 0 Å². The van der Waals surface area contributed by atoms with Crippen LogP contribution < -0.4 is 4.43 Å². The summed E-state index contributed by atoms with van der Waals surface area (Å²) in [5.74, 6) is 0.819. The smallest absolute Gasteiger partial charge is 0.262 e. The van der Waals surface area contributed by atoms with Crippen LogP contribution in [0.25, 0.3) is 0 Å². The Morgan fingerprint density at radius 1 is 1.07 bits per heavy atom. The maximum Gasteiger partial charge on any atom is 0.262 e. The lowest BCUT2D eigenvalue weighted by Crippen LogP contribution is -2.43. The molecule has 0 amide bonds. The van der Waals surface area contributed by atoms with Crippen LogP contribution in [0, 0.1) is 0 Å². The number of thiophene rings is 1. The molecule has 29 heavy (non-hydrogen) atoms. The van der Waals surface area contributed by atoms with Gasteiger partial charge in [-0.2, -0.15) is 0 Å². The van der Waals surface area contributed by atoms with E-state index in [1.807, 2.05) is 24.3 Å². The first kappa shape index (κ1) is 24.6. The molecule has 1 aromatic carbocycles. The first-order valence-electron chi connectivity index (χ1n) is 9.49. The fourth-order valence-electron chi connectivity index (χ4n) is 2.43. The average Bonchev–Trinajstić information content (AvgIpc) is 3.00. The Morgan fingerprint density at radius 3 is 2.17 bits per heavy atom. The predicted octanol–water partition coefficient (Wildman–Crippen LogP) is 7.00. The van der Waals surface area contributed by atoms with Gasteiger partial charge in [-0.3, -0.25) is 0 Å². The number of hydrogen-bond acceptors (Lipinski definition) is 5. The summed E-state index contributed by atoms with van der Waals surface area (Å²) in [6.07, 6.45) is -0.359. The number of benzene rings is 1. The van der Waals surface area contributed by atoms with Gasteiger partial charge in [0.25, 0.3) is 9.05 Å². The van der Waals surface area contributed by atoms with Crippen LogP contribution in [0.2, 0.25) is 37.8 Å². The van der Waals surface area contributed by atoms with Crippen LogP contribution in [0.15, 0.2) is 40.6 Å². The first-order chi connectivity index (χ1) is 13.0. The molecule has 0 aliphatic heterocycles. The summed E-state index contributed by atoms with van der Waals surface area (Å²) in [4.78, 5) is 0.924. The van der Waals surface area contributed by atoms with Gasteiger partial charge < -0.3 is 8.85 Å². The van der Waals surface area contributed by atoms with Crippen LogP contribution >= 0.6 is 22.0 Å². The highest BCUT2D eigenvalue weighted by Gasteiger charge is 2.39. The van der Waals surface area contributed by atoms with Crippen LogP contribution in [0.3, 0.4) is 0 Å². The molecule has 0 aliphatic carbocycles. The third-order valence-electron chi connectivity index (χ3n) is 4.95. The van der Waals surface area contributed by atoms with Crippen molar-refractivity contribution in [1.82, 2.24) is 0 Å². The summed E-state index contributed by atoms with van der Waals surface area (Å²) >= 11 is 1.34. The van der Waals surface area contributed by atoms with E-state index < -0.39 is 25.7 Å². The standard InChI is InChI=1S/C20H31ClO4S2Si2/c1-20(2,3)29(7,8)24-16-11-9-10-15(12-16)19(25-28(4,5)6)18-13-17(14-26-18)27(21,22)23/h9-14,19H,1-8H3. The minimum absolute atomic E-state index is 0.0919. The van der Waals surface area contributed by atoms with Crippen molar-refractivity contribution in [1.29, 1.82) is 0 Å². The van der Waals surface area contributed by atoms with E-state index >= 15 is 0 Å². The van der Waals surface area contributed by atoms with Gasteiger partial charge in [-0.25, -0.2) is 8.42 Å². The molecule has 0 spiro atoms. The van der Waals surface area contributed by atoms with Crippen LogP contribution in [0.4, 0.5) is 0 Å². The van der Waals surface area contributed by atoms with Crippen molar-refractivity contribution in [2.24, 2.45) is 0 Å². The molecule has 1 heterocycles. The molecule has 0 radical (unpaired) electrons. The van der Waals surface area contributed by atoms with Crippen LogP contribution in [-0.2, 0) is 13.5 Å². The molecule has 1 aromatic heterocycles. The fourth-order valence-corrected chi connectivity index (χ4v) is 6.74. The lowest BCUT2D eigenvalue weighted by atomic mass is 10.1. The maximum atomic E-state index is 11.7. The summed E-state index contributed by atoms with van der Waals surface area (Å²) < 4.78 is 36.4. The largest absolute Gasteiger partial charge is 0.543 e. The Morgan fingerprint density at radius 2 is 1.69 bits per heavy atom. The van der Waals surface area contributed by atoms with Gasteiger partial charge in [0.05, 0.1) is 4.90 Å². The molecule has 162 valence electrons. The second kappa shape index (κ2) is 8.47. The van der Waals surface area contributed by atoms with E-state index in [9.17, 15) is 8.42 Å². The Balaban J connectivity index is 2.46. The van der Waals surface area contributed by atoms with Crippen molar-refractivity contribution < 1.29 is 17.3 Å². The summed E-state index contributed by atoms with van der Waals surface area (Å²) in [6, 6.07) is 9.56. The predicted molar refractivity (Wildman–Crippen MR) is 128 cm³/mol. The number of rotatable bonds is 7. The lowest BCUT2D eigenvalue weighted by Gasteiger charge is -2.36. The van der Waals surface area contributed by atoms with Crippen LogP contribution in [0.1, 0.15) is 37.3 Å². The highest BCUT2D eigenvalue weighted by atomic mass is 35.7. The fraction of sp³-hybridized carbons (Fsp3) is 0.500. The highest BCUT2D eigenvalue weighted by molar-refractivity contribution is 8.13. The van der Waals surface area contributed by atoms with E-state index in [1.54, 1.807) is 11.4 Å². The molecule has 1 unspecified atom stereocenters. The second-order valence-electron chi connectivity index (χ2n) is 9.67.